The molecule has 2 fully saturated rings. The number of nitrogens with zero attached hydrogens (tertiary/aromatic N) is 3. The molecule has 0 radical (unpaired) electrons. The average molecular weight is 655 g/mol. The van der Waals surface area contributed by atoms with Gasteiger partial charge in [0.1, 0.15) is 5.82 Å². The summed E-state index contributed by atoms with van der Waals surface area (Å²) in [7, 11) is 0. The highest BCUT2D eigenvalue weighted by molar-refractivity contribution is 5.82. The van der Waals surface area contributed by atoms with Crippen molar-refractivity contribution in [3.63, 3.8) is 0 Å². The number of likely N-dealkylation sites (tertiary alicyclic amines) is 1. The van der Waals surface area contributed by atoms with Crippen LogP contribution >= 0.6 is 0 Å². The molecule has 2 aromatic rings. The number of carboxylic acid groups (broad SMARTS) is 1. The number of hydrogen-bond donors (Lipinski definition) is 2. The number of carbonyl (C=O) groups excluding carboxylic acids is 1. The van der Waals surface area contributed by atoms with Crippen LogP contribution in [-0.2, 0) is 34.5 Å². The van der Waals surface area contributed by atoms with Crippen LogP contribution in [-0.4, -0.2) is 59.1 Å². The van der Waals surface area contributed by atoms with Crippen molar-refractivity contribution in [2.24, 2.45) is 11.8 Å². The van der Waals surface area contributed by atoms with Crippen molar-refractivity contribution < 1.29 is 54.2 Å². The van der Waals surface area contributed by atoms with Crippen molar-refractivity contribution in [3.8, 4) is 0 Å². The van der Waals surface area contributed by atoms with Gasteiger partial charge in [-0.05, 0) is 67.5 Å². The highest BCUT2D eigenvalue weighted by Crippen LogP contribution is 2.43. The molecule has 0 bridgehead atoms. The van der Waals surface area contributed by atoms with Gasteiger partial charge in [0.05, 0.1) is 29.3 Å². The van der Waals surface area contributed by atoms with Gasteiger partial charge in [0.2, 0.25) is 5.91 Å². The fraction of sp³-hybridized carbons (Fsp3) is 0.552. The average Bonchev–Trinajstić information content (AvgIpc) is 3.21. The third kappa shape index (κ3) is 7.82. The molecule has 2 aliphatic heterocycles. The molecule has 1 aromatic carbocycles. The molecular formula is C29H31F9N4O3. The van der Waals surface area contributed by atoms with E-state index in [0.29, 0.717) is 50.8 Å². The van der Waals surface area contributed by atoms with Crippen molar-refractivity contribution in [1.82, 2.24) is 15.2 Å². The molecule has 2 aliphatic rings. The molecule has 3 heterocycles. The molecule has 1 amide bonds. The lowest BCUT2D eigenvalue weighted by Gasteiger charge is -2.39. The van der Waals surface area contributed by atoms with Gasteiger partial charge in [-0.25, -0.2) is 4.98 Å². The predicted molar refractivity (Wildman–Crippen MR) is 143 cm³/mol. The molecule has 3 atom stereocenters. The molecule has 2 N–H and O–H groups in total. The molecule has 4 rings (SSSR count). The normalized spacial score (nSPS) is 22.0. The molecular weight excluding hydrogens is 623 g/mol. The Balaban J connectivity index is 1.67. The zero-order valence-electron chi connectivity index (χ0n) is 24.2. The minimum absolute atomic E-state index is 0.0194. The van der Waals surface area contributed by atoms with Crippen LogP contribution in [0, 0.1) is 11.8 Å². The molecule has 248 valence electrons. The van der Waals surface area contributed by atoms with Gasteiger partial charge in [-0.2, -0.15) is 39.5 Å². The third-order valence-electron chi connectivity index (χ3n) is 8.44. The number of piperidine rings is 1. The van der Waals surface area contributed by atoms with E-state index in [1.54, 1.807) is 16.7 Å². The van der Waals surface area contributed by atoms with Crippen molar-refractivity contribution in [2.45, 2.75) is 63.7 Å². The van der Waals surface area contributed by atoms with Crippen LogP contribution in [0.4, 0.5) is 45.3 Å². The van der Waals surface area contributed by atoms with Gasteiger partial charge in [-0.1, -0.05) is 6.92 Å². The van der Waals surface area contributed by atoms with Crippen molar-refractivity contribution in [1.29, 1.82) is 0 Å². The van der Waals surface area contributed by atoms with Crippen molar-refractivity contribution >= 4 is 17.7 Å². The molecule has 2 saturated heterocycles. The number of carbonyl (C=O) groups is 2. The Labute approximate surface area is 252 Å². The zero-order valence-corrected chi connectivity index (χ0v) is 24.2. The third-order valence-corrected chi connectivity index (χ3v) is 8.44. The highest BCUT2D eigenvalue weighted by atomic mass is 19.4. The minimum Gasteiger partial charge on any atom is -0.480 e. The first-order valence-corrected chi connectivity index (χ1v) is 14.2. The number of aliphatic carboxylic acids is 1. The quantitative estimate of drug-likeness (QED) is 0.331. The lowest BCUT2D eigenvalue weighted by Crippen LogP contribution is -2.47. The lowest BCUT2D eigenvalue weighted by molar-refractivity contribution is -0.143. The van der Waals surface area contributed by atoms with E-state index in [1.165, 1.54) is 6.92 Å². The number of nitrogens with one attached hydrogen (secondary N) is 1. The maximum Gasteiger partial charge on any atom is 0.417 e. The fourth-order valence-corrected chi connectivity index (χ4v) is 6.15. The van der Waals surface area contributed by atoms with Gasteiger partial charge in [0, 0.05) is 37.8 Å². The Kier molecular flexibility index (Phi) is 9.67. The largest absolute Gasteiger partial charge is 0.480 e. The van der Waals surface area contributed by atoms with E-state index >= 15 is 0 Å². The van der Waals surface area contributed by atoms with Gasteiger partial charge < -0.3 is 15.3 Å². The second-order valence-corrected chi connectivity index (χ2v) is 11.4. The first kappa shape index (κ1) is 34.3. The molecule has 16 heteroatoms. The summed E-state index contributed by atoms with van der Waals surface area (Å²) in [5, 5.41) is 11.5. The molecule has 7 nitrogen and oxygen atoms in total. The molecule has 1 aromatic heterocycles. The summed E-state index contributed by atoms with van der Waals surface area (Å²) in [4.78, 5) is 31.9. The van der Waals surface area contributed by atoms with Crippen LogP contribution in [0.25, 0.3) is 0 Å². The summed E-state index contributed by atoms with van der Waals surface area (Å²) >= 11 is 0. The maximum atomic E-state index is 13.7. The summed E-state index contributed by atoms with van der Waals surface area (Å²) in [5.41, 5.74) is -4.55. The summed E-state index contributed by atoms with van der Waals surface area (Å²) < 4.78 is 122. The van der Waals surface area contributed by atoms with Crippen molar-refractivity contribution in [3.05, 3.63) is 58.3 Å². The first-order valence-electron chi connectivity index (χ1n) is 14.2. The number of benzene rings is 1. The molecule has 0 spiro atoms. The molecule has 1 unspecified atom stereocenters. The summed E-state index contributed by atoms with van der Waals surface area (Å²) in [5.74, 6) is -3.55. The lowest BCUT2D eigenvalue weighted by atomic mass is 9.83. The van der Waals surface area contributed by atoms with E-state index in [4.69, 9.17) is 5.11 Å². The van der Waals surface area contributed by atoms with Gasteiger partial charge in [-0.15, -0.1) is 0 Å². The standard InChI is InChI=1S/C29H31F9N4O3/c1-3-42(21-4-6-41(7-5-21)14-23(43)44)25-17(10-20(13-39-25)29(36,37)38)11-22-15(2)24(40-26(22)45)16-8-18(27(30,31)32)12-19(9-16)28(33,34)35/h8-10,12-13,15,21-22,24H,3-7,11,14H2,1-2H3,(H,40,45)(H,43,44)/t15-,22?,24+/m0/s1. The highest BCUT2D eigenvalue weighted by Gasteiger charge is 2.44. The number of alkyl halides is 9. The van der Waals surface area contributed by atoms with E-state index in [-0.39, 0.29) is 36.5 Å². The number of aromatic nitrogens is 1. The van der Waals surface area contributed by atoms with Gasteiger partial charge >= 0.3 is 24.5 Å². The van der Waals surface area contributed by atoms with Gasteiger partial charge in [-0.3, -0.25) is 14.5 Å². The zero-order chi connectivity index (χ0) is 33.5. The number of rotatable bonds is 8. The monoisotopic (exact) mass is 654 g/mol. The van der Waals surface area contributed by atoms with Crippen LogP contribution in [0.5, 0.6) is 0 Å². The van der Waals surface area contributed by atoms with Crippen LogP contribution in [0.2, 0.25) is 0 Å². The van der Waals surface area contributed by atoms with Gasteiger partial charge in [0.25, 0.3) is 0 Å². The predicted octanol–water partition coefficient (Wildman–Crippen LogP) is 6.18. The SMILES string of the molecule is CCN(c1ncc(C(F)(F)F)cc1CC1C(=O)N[C@@H](c2cc(C(F)(F)F)cc(C(F)(F)F)c2)[C@H]1C)C1CCN(CC(=O)O)CC1. The van der Waals surface area contributed by atoms with E-state index < -0.39 is 70.5 Å². The Morgan fingerprint density at radius 2 is 1.51 bits per heavy atom. The number of pyridine rings is 1. The smallest absolute Gasteiger partial charge is 0.417 e. The first-order chi connectivity index (χ1) is 20.8. The van der Waals surface area contributed by atoms with E-state index in [0.717, 1.165) is 6.07 Å². The van der Waals surface area contributed by atoms with Gasteiger partial charge in [0.15, 0.2) is 0 Å². The Morgan fingerprint density at radius 1 is 0.956 bits per heavy atom. The number of amides is 1. The maximum absolute atomic E-state index is 13.7. The minimum atomic E-state index is -5.10. The van der Waals surface area contributed by atoms with E-state index in [2.05, 4.69) is 10.3 Å². The Bertz CT molecular complexity index is 1370. The summed E-state index contributed by atoms with van der Waals surface area (Å²) in [6.45, 7) is 4.20. The number of carboxylic acids is 1. The van der Waals surface area contributed by atoms with Crippen LogP contribution < -0.4 is 10.2 Å². The topological polar surface area (TPSA) is 85.8 Å². The number of hydrogen-bond acceptors (Lipinski definition) is 5. The van der Waals surface area contributed by atoms with E-state index in [1.807, 2.05) is 0 Å². The Hall–Kier alpha value is -3.56. The number of halogens is 9. The van der Waals surface area contributed by atoms with Crippen LogP contribution in [0.3, 0.4) is 0 Å². The Morgan fingerprint density at radius 3 is 2.00 bits per heavy atom. The fourth-order valence-electron chi connectivity index (χ4n) is 6.15. The summed E-state index contributed by atoms with van der Waals surface area (Å²) in [6, 6.07) is 0.432. The number of anilines is 1. The summed E-state index contributed by atoms with van der Waals surface area (Å²) in [6.07, 6.45) is -13.7. The molecule has 0 saturated carbocycles. The van der Waals surface area contributed by atoms with E-state index in [9.17, 15) is 49.1 Å². The second kappa shape index (κ2) is 12.7. The van der Waals surface area contributed by atoms with Crippen LogP contribution in [0.1, 0.15) is 60.5 Å². The van der Waals surface area contributed by atoms with Crippen molar-refractivity contribution in [2.75, 3.05) is 31.1 Å². The molecule has 45 heavy (non-hydrogen) atoms. The second-order valence-electron chi connectivity index (χ2n) is 11.4. The molecule has 0 aliphatic carbocycles. The van der Waals surface area contributed by atoms with Crippen LogP contribution in [0.15, 0.2) is 30.5 Å².